The number of hydrogen-bond acceptors (Lipinski definition) is 4. The highest BCUT2D eigenvalue weighted by molar-refractivity contribution is 7.86. The highest BCUT2D eigenvalue weighted by Crippen LogP contribution is 2.14. The fourth-order valence-corrected chi connectivity index (χ4v) is 2.19. The summed E-state index contributed by atoms with van der Waals surface area (Å²) in [6.07, 6.45) is -0.266. The Kier molecular flexibility index (Phi) is 4.46. The third-order valence-electron chi connectivity index (χ3n) is 2.05. The number of aryl methyl sites for hydroxylation is 1. The van der Waals surface area contributed by atoms with Gasteiger partial charge in [-0.2, -0.15) is 8.42 Å². The molecule has 0 saturated heterocycles. The normalized spacial score (nSPS) is 13.7. The topological polar surface area (TPSA) is 63.6 Å². The van der Waals surface area contributed by atoms with Gasteiger partial charge in [0.1, 0.15) is 0 Å². The van der Waals surface area contributed by atoms with Gasteiger partial charge in [-0.3, -0.25) is 4.18 Å². The lowest BCUT2D eigenvalue weighted by atomic mass is 10.2. The largest absolute Gasteiger partial charge is 0.393 e. The maximum atomic E-state index is 11.7. The third-order valence-corrected chi connectivity index (χ3v) is 3.36. The van der Waals surface area contributed by atoms with Crippen LogP contribution in [0, 0.1) is 6.92 Å². The Morgan fingerprint density at radius 2 is 2.12 bits per heavy atom. The van der Waals surface area contributed by atoms with E-state index in [9.17, 15) is 8.42 Å². The van der Waals surface area contributed by atoms with Gasteiger partial charge in [0, 0.05) is 0 Å². The van der Waals surface area contributed by atoms with E-state index in [1.54, 1.807) is 19.1 Å². The lowest BCUT2D eigenvalue weighted by Gasteiger charge is -2.07. The predicted octanol–water partition coefficient (Wildman–Crippen LogP) is 1.47. The molecule has 0 radical (unpaired) electrons. The van der Waals surface area contributed by atoms with Gasteiger partial charge in [-0.05, 0) is 38.0 Å². The van der Waals surface area contributed by atoms with Crippen LogP contribution in [0.3, 0.4) is 0 Å². The summed E-state index contributed by atoms with van der Waals surface area (Å²) in [7, 11) is -3.69. The van der Waals surface area contributed by atoms with E-state index in [2.05, 4.69) is 0 Å². The van der Waals surface area contributed by atoms with Gasteiger partial charge in [-0.15, -0.1) is 0 Å². The number of rotatable bonds is 5. The summed E-state index contributed by atoms with van der Waals surface area (Å²) in [6.45, 7) is 3.39. The molecule has 0 aliphatic heterocycles. The summed E-state index contributed by atoms with van der Waals surface area (Å²) in [5.74, 6) is 0. The molecular formula is C11H16O4S. The molecule has 0 saturated carbocycles. The van der Waals surface area contributed by atoms with Crippen molar-refractivity contribution in [3.8, 4) is 0 Å². The molecule has 0 aromatic heterocycles. The maximum Gasteiger partial charge on any atom is 0.296 e. The van der Waals surface area contributed by atoms with Crippen molar-refractivity contribution in [2.75, 3.05) is 6.61 Å². The van der Waals surface area contributed by atoms with Crippen LogP contribution in [0.15, 0.2) is 29.2 Å². The minimum absolute atomic E-state index is 0.00601. The van der Waals surface area contributed by atoms with E-state index in [0.717, 1.165) is 5.56 Å². The van der Waals surface area contributed by atoms with Gasteiger partial charge in [0.25, 0.3) is 10.1 Å². The SMILES string of the molecule is Cc1cccc(S(=O)(=O)OCCC(C)O)c1. The van der Waals surface area contributed by atoms with E-state index in [4.69, 9.17) is 9.29 Å². The Hall–Kier alpha value is -0.910. The third kappa shape index (κ3) is 3.92. The maximum absolute atomic E-state index is 11.7. The van der Waals surface area contributed by atoms with Gasteiger partial charge in [-0.25, -0.2) is 0 Å². The van der Waals surface area contributed by atoms with Crippen molar-refractivity contribution >= 4 is 10.1 Å². The standard InChI is InChI=1S/C11H16O4S/c1-9-4-3-5-11(8-9)16(13,14)15-7-6-10(2)12/h3-5,8,10,12H,6-7H2,1-2H3. The molecule has 0 aliphatic rings. The lowest BCUT2D eigenvalue weighted by molar-refractivity contribution is 0.157. The van der Waals surface area contributed by atoms with E-state index in [1.165, 1.54) is 6.07 Å². The van der Waals surface area contributed by atoms with Crippen molar-refractivity contribution < 1.29 is 17.7 Å². The molecule has 0 spiro atoms. The molecule has 1 aromatic carbocycles. The van der Waals surface area contributed by atoms with Crippen molar-refractivity contribution in [3.63, 3.8) is 0 Å². The van der Waals surface area contributed by atoms with Crippen LogP contribution in [-0.2, 0) is 14.3 Å². The van der Waals surface area contributed by atoms with Gasteiger partial charge in [0.15, 0.2) is 0 Å². The van der Waals surface area contributed by atoms with Crippen LogP contribution in [-0.4, -0.2) is 26.2 Å². The smallest absolute Gasteiger partial charge is 0.296 e. The summed E-state index contributed by atoms with van der Waals surface area (Å²) < 4.78 is 28.1. The molecule has 5 heteroatoms. The van der Waals surface area contributed by atoms with E-state index in [-0.39, 0.29) is 11.5 Å². The minimum Gasteiger partial charge on any atom is -0.393 e. The van der Waals surface area contributed by atoms with Crippen molar-refractivity contribution in [1.29, 1.82) is 0 Å². The molecule has 4 nitrogen and oxygen atoms in total. The first-order valence-corrected chi connectivity index (χ1v) is 6.47. The highest BCUT2D eigenvalue weighted by atomic mass is 32.2. The Balaban J connectivity index is 2.71. The molecule has 90 valence electrons. The summed E-state index contributed by atoms with van der Waals surface area (Å²) in [5.41, 5.74) is 0.861. The second kappa shape index (κ2) is 5.43. The Morgan fingerprint density at radius 3 is 2.69 bits per heavy atom. The number of hydrogen-bond donors (Lipinski definition) is 1. The highest BCUT2D eigenvalue weighted by Gasteiger charge is 2.15. The number of benzene rings is 1. The second-order valence-electron chi connectivity index (χ2n) is 3.73. The van der Waals surface area contributed by atoms with E-state index in [1.807, 2.05) is 13.0 Å². The van der Waals surface area contributed by atoms with Crippen molar-refractivity contribution in [2.24, 2.45) is 0 Å². The van der Waals surface area contributed by atoms with Gasteiger partial charge in [-0.1, -0.05) is 12.1 Å². The summed E-state index contributed by atoms with van der Waals surface area (Å²) >= 11 is 0. The zero-order valence-electron chi connectivity index (χ0n) is 9.38. The molecular weight excluding hydrogens is 228 g/mol. The minimum atomic E-state index is -3.69. The zero-order valence-corrected chi connectivity index (χ0v) is 10.2. The molecule has 1 atom stereocenters. The van der Waals surface area contributed by atoms with Gasteiger partial charge in [0.2, 0.25) is 0 Å². The number of aliphatic hydroxyl groups excluding tert-OH is 1. The van der Waals surface area contributed by atoms with Crippen LogP contribution in [0.4, 0.5) is 0 Å². The molecule has 1 rings (SSSR count). The predicted molar refractivity (Wildman–Crippen MR) is 60.6 cm³/mol. The first kappa shape index (κ1) is 13.2. The summed E-state index contributed by atoms with van der Waals surface area (Å²) in [6, 6.07) is 6.53. The molecule has 0 aliphatic carbocycles. The monoisotopic (exact) mass is 244 g/mol. The quantitative estimate of drug-likeness (QED) is 0.797. The van der Waals surface area contributed by atoms with Crippen LogP contribution < -0.4 is 0 Å². The molecule has 16 heavy (non-hydrogen) atoms. The van der Waals surface area contributed by atoms with Crippen LogP contribution in [0.2, 0.25) is 0 Å². The molecule has 0 heterocycles. The zero-order chi connectivity index (χ0) is 12.2. The average Bonchev–Trinajstić information content (AvgIpc) is 2.16. The van der Waals surface area contributed by atoms with Crippen LogP contribution in [0.1, 0.15) is 18.9 Å². The average molecular weight is 244 g/mol. The molecule has 1 N–H and O–H groups in total. The number of aliphatic hydroxyl groups is 1. The molecule has 1 aromatic rings. The van der Waals surface area contributed by atoms with Crippen molar-refractivity contribution in [2.45, 2.75) is 31.3 Å². The fraction of sp³-hybridized carbons (Fsp3) is 0.455. The van der Waals surface area contributed by atoms with E-state index >= 15 is 0 Å². The van der Waals surface area contributed by atoms with Crippen LogP contribution in [0.25, 0.3) is 0 Å². The fourth-order valence-electron chi connectivity index (χ4n) is 1.17. The van der Waals surface area contributed by atoms with Crippen LogP contribution >= 0.6 is 0 Å². The van der Waals surface area contributed by atoms with Crippen molar-refractivity contribution in [3.05, 3.63) is 29.8 Å². The molecule has 0 amide bonds. The first-order chi connectivity index (χ1) is 7.42. The summed E-state index contributed by atoms with van der Waals surface area (Å²) in [5, 5.41) is 8.99. The molecule has 0 bridgehead atoms. The van der Waals surface area contributed by atoms with Crippen molar-refractivity contribution in [1.82, 2.24) is 0 Å². The van der Waals surface area contributed by atoms with Gasteiger partial charge in [0.05, 0.1) is 17.6 Å². The molecule has 1 unspecified atom stereocenters. The Morgan fingerprint density at radius 1 is 1.44 bits per heavy atom. The van der Waals surface area contributed by atoms with Gasteiger partial charge < -0.3 is 5.11 Å². The van der Waals surface area contributed by atoms with E-state index < -0.39 is 16.2 Å². The second-order valence-corrected chi connectivity index (χ2v) is 5.35. The Bertz CT molecular complexity index is 437. The summed E-state index contributed by atoms with van der Waals surface area (Å²) in [4.78, 5) is 0.151. The van der Waals surface area contributed by atoms with Gasteiger partial charge >= 0.3 is 0 Å². The van der Waals surface area contributed by atoms with Crippen LogP contribution in [0.5, 0.6) is 0 Å². The van der Waals surface area contributed by atoms with E-state index in [0.29, 0.717) is 6.42 Å². The molecule has 0 fully saturated rings. The lowest BCUT2D eigenvalue weighted by Crippen LogP contribution is -2.11. The first-order valence-electron chi connectivity index (χ1n) is 5.06. The Labute approximate surface area is 96.0 Å².